The molecular weight excluding hydrogens is 287 g/mol. The lowest BCUT2D eigenvalue weighted by Crippen LogP contribution is -2.09. The molecule has 1 heterocycles. The summed E-state index contributed by atoms with van der Waals surface area (Å²) in [6.07, 6.45) is 2.70. The van der Waals surface area contributed by atoms with Gasteiger partial charge in [-0.1, -0.05) is 30.1 Å². The highest BCUT2D eigenvalue weighted by Gasteiger charge is 2.28. The number of halogens is 2. The van der Waals surface area contributed by atoms with Gasteiger partial charge in [0.05, 0.1) is 21.1 Å². The number of fused-ring (bicyclic) bond motifs is 1. The van der Waals surface area contributed by atoms with E-state index >= 15 is 0 Å². The Morgan fingerprint density at radius 2 is 2.06 bits per heavy atom. The third kappa shape index (κ3) is 2.20. The molecule has 2 nitrogen and oxygen atoms in total. The van der Waals surface area contributed by atoms with E-state index in [0.29, 0.717) is 16.0 Å². The molecule has 1 aliphatic carbocycles. The molecule has 1 aliphatic rings. The number of benzene rings is 1. The van der Waals surface area contributed by atoms with Crippen molar-refractivity contribution in [2.24, 2.45) is 11.8 Å². The summed E-state index contributed by atoms with van der Waals surface area (Å²) < 4.78 is 2.88. The number of rotatable bonds is 3. The quantitative estimate of drug-likeness (QED) is 0.787. The van der Waals surface area contributed by atoms with E-state index in [9.17, 15) is 0 Å². The van der Waals surface area contributed by atoms with Gasteiger partial charge in [0.15, 0.2) is 4.77 Å². The minimum atomic E-state index is 0.558. The second-order valence-electron chi connectivity index (χ2n) is 5.14. The molecule has 0 radical (unpaired) electrons. The first-order valence-corrected chi connectivity index (χ1v) is 7.30. The lowest BCUT2D eigenvalue weighted by molar-refractivity contribution is 0.434. The first-order chi connectivity index (χ1) is 8.56. The molecule has 1 aromatic heterocycles. The lowest BCUT2D eigenvalue weighted by atomic mass is 10.1. The van der Waals surface area contributed by atoms with Gasteiger partial charge < -0.3 is 9.55 Å². The summed E-state index contributed by atoms with van der Waals surface area (Å²) in [6.45, 7) is 3.23. The molecule has 0 spiro atoms. The third-order valence-electron chi connectivity index (χ3n) is 3.71. The SMILES string of the molecule is CC(Cn1c(=S)[nH]c2cc(Cl)c(Cl)cc21)C1CC1. The summed E-state index contributed by atoms with van der Waals surface area (Å²) in [5, 5.41) is 1.13. The molecule has 18 heavy (non-hydrogen) atoms. The fourth-order valence-electron chi connectivity index (χ4n) is 2.44. The Hall–Kier alpha value is -0.510. The van der Waals surface area contributed by atoms with Crippen molar-refractivity contribution in [3.8, 4) is 0 Å². The normalized spacial score (nSPS) is 17.3. The standard InChI is InChI=1S/C13H14Cl2N2S/c1-7(8-2-3-8)6-17-12-5-10(15)9(14)4-11(12)16-13(17)18/h4-5,7-8H,2-3,6H2,1H3,(H,16,18). The van der Waals surface area contributed by atoms with Crippen LogP contribution in [0, 0.1) is 16.6 Å². The molecule has 1 unspecified atom stereocenters. The van der Waals surface area contributed by atoms with E-state index in [1.165, 1.54) is 12.8 Å². The molecule has 0 bridgehead atoms. The first-order valence-electron chi connectivity index (χ1n) is 6.14. The van der Waals surface area contributed by atoms with Gasteiger partial charge in [-0.2, -0.15) is 0 Å². The van der Waals surface area contributed by atoms with Crippen LogP contribution in [0.15, 0.2) is 12.1 Å². The van der Waals surface area contributed by atoms with Crippen LogP contribution in [-0.4, -0.2) is 9.55 Å². The number of aromatic amines is 1. The molecule has 5 heteroatoms. The predicted octanol–water partition coefficient (Wildman–Crippen LogP) is 5.05. The molecule has 3 rings (SSSR count). The maximum Gasteiger partial charge on any atom is 0.178 e. The van der Waals surface area contributed by atoms with Crippen LogP contribution in [-0.2, 0) is 6.54 Å². The number of nitrogens with one attached hydrogen (secondary N) is 1. The summed E-state index contributed by atoms with van der Waals surface area (Å²) in [7, 11) is 0. The van der Waals surface area contributed by atoms with Gasteiger partial charge in [-0.25, -0.2) is 0 Å². The summed E-state index contributed by atoms with van der Waals surface area (Å²) in [6, 6.07) is 3.73. The van der Waals surface area contributed by atoms with Crippen molar-refractivity contribution >= 4 is 46.5 Å². The summed E-state index contributed by atoms with van der Waals surface area (Å²) in [5.74, 6) is 1.52. The average molecular weight is 301 g/mol. The van der Waals surface area contributed by atoms with Crippen molar-refractivity contribution in [2.45, 2.75) is 26.3 Å². The van der Waals surface area contributed by atoms with Crippen LogP contribution >= 0.6 is 35.4 Å². The Morgan fingerprint density at radius 3 is 2.72 bits per heavy atom. The Bertz CT molecular complexity index is 655. The van der Waals surface area contributed by atoms with Crippen molar-refractivity contribution in [1.29, 1.82) is 0 Å². The van der Waals surface area contributed by atoms with Gasteiger partial charge in [0.2, 0.25) is 0 Å². The number of H-pyrrole nitrogens is 1. The van der Waals surface area contributed by atoms with E-state index in [1.807, 2.05) is 12.1 Å². The maximum absolute atomic E-state index is 6.09. The number of nitrogens with zero attached hydrogens (tertiary/aromatic N) is 1. The van der Waals surface area contributed by atoms with Crippen LogP contribution in [0.2, 0.25) is 10.0 Å². The predicted molar refractivity (Wildman–Crippen MR) is 79.0 cm³/mol. The Labute approximate surface area is 121 Å². The van der Waals surface area contributed by atoms with Crippen LogP contribution in [0.25, 0.3) is 11.0 Å². The molecule has 2 aromatic rings. The number of aromatic nitrogens is 2. The molecule has 1 N–H and O–H groups in total. The van der Waals surface area contributed by atoms with Crippen LogP contribution in [0.1, 0.15) is 19.8 Å². The first kappa shape index (κ1) is 12.5. The monoisotopic (exact) mass is 300 g/mol. The van der Waals surface area contributed by atoms with E-state index in [4.69, 9.17) is 35.4 Å². The molecule has 0 saturated heterocycles. The number of hydrogen-bond donors (Lipinski definition) is 1. The number of hydrogen-bond acceptors (Lipinski definition) is 1. The minimum Gasteiger partial charge on any atom is -0.331 e. The maximum atomic E-state index is 6.09. The highest BCUT2D eigenvalue weighted by molar-refractivity contribution is 7.71. The Balaban J connectivity index is 2.07. The average Bonchev–Trinajstić information content (AvgIpc) is 3.10. The van der Waals surface area contributed by atoms with Crippen molar-refractivity contribution in [3.05, 3.63) is 26.9 Å². The molecule has 1 atom stereocenters. The fourth-order valence-corrected chi connectivity index (χ4v) is 3.04. The van der Waals surface area contributed by atoms with Gasteiger partial charge in [-0.05, 0) is 49.0 Å². The second kappa shape index (κ2) is 4.55. The van der Waals surface area contributed by atoms with E-state index < -0.39 is 0 Å². The van der Waals surface area contributed by atoms with Gasteiger partial charge in [0.25, 0.3) is 0 Å². The molecule has 1 saturated carbocycles. The van der Waals surface area contributed by atoms with Crippen LogP contribution < -0.4 is 0 Å². The molecule has 96 valence electrons. The summed E-state index contributed by atoms with van der Waals surface area (Å²) >= 11 is 17.5. The topological polar surface area (TPSA) is 20.7 Å². The van der Waals surface area contributed by atoms with Crippen LogP contribution in [0.5, 0.6) is 0 Å². The van der Waals surface area contributed by atoms with Crippen LogP contribution in [0.4, 0.5) is 0 Å². The fraction of sp³-hybridized carbons (Fsp3) is 0.462. The van der Waals surface area contributed by atoms with E-state index in [-0.39, 0.29) is 0 Å². The largest absolute Gasteiger partial charge is 0.331 e. The molecule has 1 aromatic carbocycles. The zero-order valence-corrected chi connectivity index (χ0v) is 12.4. The minimum absolute atomic E-state index is 0.558. The number of imidazole rings is 1. The zero-order valence-electron chi connectivity index (χ0n) is 10.0. The lowest BCUT2D eigenvalue weighted by Gasteiger charge is -2.12. The van der Waals surface area contributed by atoms with Crippen molar-refractivity contribution < 1.29 is 0 Å². The summed E-state index contributed by atoms with van der Waals surface area (Å²) in [4.78, 5) is 3.19. The van der Waals surface area contributed by atoms with Gasteiger partial charge in [0.1, 0.15) is 0 Å². The Kier molecular flexibility index (Phi) is 3.16. The summed E-state index contributed by atoms with van der Waals surface area (Å²) in [5.41, 5.74) is 2.00. The van der Waals surface area contributed by atoms with E-state index in [2.05, 4.69) is 16.5 Å². The van der Waals surface area contributed by atoms with Crippen molar-refractivity contribution in [2.75, 3.05) is 0 Å². The third-order valence-corrected chi connectivity index (χ3v) is 4.76. The highest BCUT2D eigenvalue weighted by atomic mass is 35.5. The van der Waals surface area contributed by atoms with E-state index in [0.717, 1.165) is 28.3 Å². The van der Waals surface area contributed by atoms with Crippen molar-refractivity contribution in [3.63, 3.8) is 0 Å². The van der Waals surface area contributed by atoms with Gasteiger partial charge >= 0.3 is 0 Å². The van der Waals surface area contributed by atoms with Gasteiger partial charge in [-0.15, -0.1) is 0 Å². The zero-order chi connectivity index (χ0) is 12.9. The van der Waals surface area contributed by atoms with Gasteiger partial charge in [0, 0.05) is 6.54 Å². The molecule has 0 aliphatic heterocycles. The molecular formula is C13H14Cl2N2S. The highest BCUT2D eigenvalue weighted by Crippen LogP contribution is 2.38. The van der Waals surface area contributed by atoms with Crippen molar-refractivity contribution in [1.82, 2.24) is 9.55 Å². The van der Waals surface area contributed by atoms with Gasteiger partial charge in [-0.3, -0.25) is 0 Å². The molecule has 0 amide bonds. The van der Waals surface area contributed by atoms with Crippen LogP contribution in [0.3, 0.4) is 0 Å². The second-order valence-corrected chi connectivity index (χ2v) is 6.34. The molecule has 1 fully saturated rings. The Morgan fingerprint density at radius 1 is 1.39 bits per heavy atom. The van der Waals surface area contributed by atoms with E-state index in [1.54, 1.807) is 0 Å². The smallest absolute Gasteiger partial charge is 0.178 e.